The number of nitrogens with zero attached hydrogens (tertiary/aromatic N) is 2. The van der Waals surface area contributed by atoms with Crippen LogP contribution in [0.4, 0.5) is 0 Å². The predicted molar refractivity (Wildman–Crippen MR) is 77.0 cm³/mol. The van der Waals surface area contributed by atoms with Crippen molar-refractivity contribution in [2.45, 2.75) is 25.9 Å². The molecule has 1 unspecified atom stereocenters. The van der Waals surface area contributed by atoms with Crippen molar-refractivity contribution >= 4 is 0 Å². The first-order valence-electron chi connectivity index (χ1n) is 6.58. The molecule has 0 aliphatic carbocycles. The fourth-order valence-electron chi connectivity index (χ4n) is 1.67. The van der Waals surface area contributed by atoms with Gasteiger partial charge < -0.3 is 15.0 Å². The number of hydrogen-bond acceptors (Lipinski definition) is 4. The molecule has 0 aromatic heterocycles. The van der Waals surface area contributed by atoms with Crippen LogP contribution in [0, 0.1) is 11.3 Å². The van der Waals surface area contributed by atoms with E-state index < -0.39 is 0 Å². The Morgan fingerprint density at radius 1 is 1.32 bits per heavy atom. The van der Waals surface area contributed by atoms with Gasteiger partial charge in [-0.15, -0.1) is 0 Å². The van der Waals surface area contributed by atoms with Gasteiger partial charge in [-0.2, -0.15) is 5.26 Å². The van der Waals surface area contributed by atoms with Gasteiger partial charge in [0.2, 0.25) is 0 Å². The molecular formula is C15H23N3O. The third-order valence-corrected chi connectivity index (χ3v) is 2.89. The second-order valence-electron chi connectivity index (χ2n) is 4.96. The largest absolute Gasteiger partial charge is 0.479 e. The highest BCUT2D eigenvalue weighted by atomic mass is 16.5. The van der Waals surface area contributed by atoms with E-state index in [1.54, 1.807) is 0 Å². The van der Waals surface area contributed by atoms with Gasteiger partial charge in [-0.1, -0.05) is 12.1 Å². The average molecular weight is 261 g/mol. The molecule has 0 radical (unpaired) electrons. The second-order valence-corrected chi connectivity index (χ2v) is 4.96. The molecule has 0 aliphatic heterocycles. The van der Waals surface area contributed by atoms with Crippen molar-refractivity contribution in [2.75, 3.05) is 27.2 Å². The Balaban J connectivity index is 2.31. The molecule has 1 aromatic rings. The summed E-state index contributed by atoms with van der Waals surface area (Å²) in [6.07, 6.45) is 1.14. The van der Waals surface area contributed by atoms with Crippen molar-refractivity contribution < 1.29 is 4.74 Å². The summed E-state index contributed by atoms with van der Waals surface area (Å²) in [5.41, 5.74) is 1.22. The maximum atomic E-state index is 8.43. The molecule has 104 valence electrons. The van der Waals surface area contributed by atoms with Gasteiger partial charge in [0.1, 0.15) is 11.8 Å². The molecule has 0 saturated heterocycles. The van der Waals surface area contributed by atoms with Crippen molar-refractivity contribution in [1.29, 1.82) is 5.26 Å². The molecule has 1 atom stereocenters. The van der Waals surface area contributed by atoms with Crippen LogP contribution in [0.1, 0.15) is 18.9 Å². The Bertz CT molecular complexity index is 395. The summed E-state index contributed by atoms with van der Waals surface area (Å²) in [6.45, 7) is 4.25. The Morgan fingerprint density at radius 3 is 2.58 bits per heavy atom. The normalized spacial score (nSPS) is 12.2. The Kier molecular flexibility index (Phi) is 6.94. The quantitative estimate of drug-likeness (QED) is 0.778. The predicted octanol–water partition coefficient (Wildman–Crippen LogP) is 2.02. The van der Waals surface area contributed by atoms with Crippen molar-refractivity contribution in [3.8, 4) is 11.8 Å². The Morgan fingerprint density at radius 2 is 2.00 bits per heavy atom. The summed E-state index contributed by atoms with van der Waals surface area (Å²) in [7, 11) is 4.18. The second kappa shape index (κ2) is 8.52. The lowest BCUT2D eigenvalue weighted by Crippen LogP contribution is -2.29. The number of hydrogen-bond donors (Lipinski definition) is 1. The minimum absolute atomic E-state index is 0.0964. The maximum Gasteiger partial charge on any atom is 0.174 e. The molecule has 0 spiro atoms. The van der Waals surface area contributed by atoms with Crippen molar-refractivity contribution in [3.05, 3.63) is 29.8 Å². The zero-order chi connectivity index (χ0) is 14.1. The van der Waals surface area contributed by atoms with Gasteiger partial charge in [0.25, 0.3) is 0 Å². The molecule has 1 aromatic carbocycles. The average Bonchev–Trinajstić information content (AvgIpc) is 2.41. The number of ether oxygens (including phenoxy) is 1. The molecule has 1 rings (SSSR count). The van der Waals surface area contributed by atoms with E-state index in [0.29, 0.717) is 6.04 Å². The van der Waals surface area contributed by atoms with E-state index in [1.165, 1.54) is 5.56 Å². The summed E-state index contributed by atoms with van der Waals surface area (Å²) in [5.74, 6) is 0.742. The lowest BCUT2D eigenvalue weighted by Gasteiger charge is -2.16. The first-order valence-corrected chi connectivity index (χ1v) is 6.58. The van der Waals surface area contributed by atoms with Crippen molar-refractivity contribution in [1.82, 2.24) is 10.2 Å². The fraction of sp³-hybridized carbons (Fsp3) is 0.533. The van der Waals surface area contributed by atoms with Crippen LogP contribution < -0.4 is 10.1 Å². The zero-order valence-electron chi connectivity index (χ0n) is 12.0. The van der Waals surface area contributed by atoms with E-state index in [9.17, 15) is 0 Å². The van der Waals surface area contributed by atoms with Crippen LogP contribution in [0.5, 0.6) is 5.75 Å². The van der Waals surface area contributed by atoms with Gasteiger partial charge >= 0.3 is 0 Å². The maximum absolute atomic E-state index is 8.43. The summed E-state index contributed by atoms with van der Waals surface area (Å²) in [6, 6.07) is 10.3. The van der Waals surface area contributed by atoms with E-state index in [-0.39, 0.29) is 6.61 Å². The number of nitriles is 1. The van der Waals surface area contributed by atoms with Crippen LogP contribution in [0.2, 0.25) is 0 Å². The van der Waals surface area contributed by atoms with Gasteiger partial charge in [-0.3, -0.25) is 0 Å². The zero-order valence-corrected chi connectivity index (χ0v) is 12.0. The van der Waals surface area contributed by atoms with E-state index in [1.807, 2.05) is 30.3 Å². The molecule has 0 aliphatic rings. The Labute approximate surface area is 116 Å². The first kappa shape index (κ1) is 15.5. The molecule has 0 saturated carbocycles. The summed E-state index contributed by atoms with van der Waals surface area (Å²) < 4.78 is 5.21. The smallest absolute Gasteiger partial charge is 0.174 e. The number of rotatable bonds is 8. The third kappa shape index (κ3) is 6.80. The third-order valence-electron chi connectivity index (χ3n) is 2.89. The minimum Gasteiger partial charge on any atom is -0.479 e. The lowest BCUT2D eigenvalue weighted by molar-refractivity contribution is 0.364. The molecule has 4 heteroatoms. The van der Waals surface area contributed by atoms with E-state index in [2.05, 4.69) is 31.2 Å². The van der Waals surface area contributed by atoms with Crippen molar-refractivity contribution in [3.63, 3.8) is 0 Å². The first-order chi connectivity index (χ1) is 9.11. The molecule has 4 nitrogen and oxygen atoms in total. The van der Waals surface area contributed by atoms with E-state index in [0.717, 1.165) is 25.3 Å². The number of nitrogens with one attached hydrogen (secondary N) is 1. The monoisotopic (exact) mass is 261 g/mol. The fourth-order valence-corrected chi connectivity index (χ4v) is 1.67. The highest BCUT2D eigenvalue weighted by Gasteiger charge is 2.02. The van der Waals surface area contributed by atoms with Gasteiger partial charge in [0, 0.05) is 12.6 Å². The molecule has 0 amide bonds. The molecule has 0 fully saturated rings. The molecule has 0 bridgehead atoms. The number of benzene rings is 1. The van der Waals surface area contributed by atoms with Crippen LogP contribution >= 0.6 is 0 Å². The highest BCUT2D eigenvalue weighted by Crippen LogP contribution is 2.12. The molecule has 19 heavy (non-hydrogen) atoms. The summed E-state index contributed by atoms with van der Waals surface area (Å²) in [5, 5.41) is 11.9. The van der Waals surface area contributed by atoms with Gasteiger partial charge in [-0.25, -0.2) is 0 Å². The van der Waals surface area contributed by atoms with Crippen LogP contribution in [0.25, 0.3) is 0 Å². The SMILES string of the molecule is CC(CCN(C)C)NCc1ccc(OCC#N)cc1. The van der Waals surface area contributed by atoms with Crippen LogP contribution in [0.15, 0.2) is 24.3 Å². The lowest BCUT2D eigenvalue weighted by atomic mass is 10.2. The summed E-state index contributed by atoms with van der Waals surface area (Å²) >= 11 is 0. The van der Waals surface area contributed by atoms with Crippen LogP contribution in [-0.2, 0) is 6.54 Å². The van der Waals surface area contributed by atoms with Gasteiger partial charge in [0.05, 0.1) is 0 Å². The topological polar surface area (TPSA) is 48.3 Å². The van der Waals surface area contributed by atoms with Crippen LogP contribution in [-0.4, -0.2) is 38.2 Å². The standard InChI is InChI=1S/C15H23N3O/c1-13(8-10-18(2)3)17-12-14-4-6-15(7-5-14)19-11-9-16/h4-7,13,17H,8,10-12H2,1-3H3. The molecule has 1 N–H and O–H groups in total. The minimum atomic E-state index is 0.0964. The van der Waals surface area contributed by atoms with Gasteiger partial charge in [-0.05, 0) is 51.7 Å². The van der Waals surface area contributed by atoms with E-state index in [4.69, 9.17) is 10.00 Å². The van der Waals surface area contributed by atoms with Gasteiger partial charge in [0.15, 0.2) is 6.61 Å². The highest BCUT2D eigenvalue weighted by molar-refractivity contribution is 5.27. The summed E-state index contributed by atoms with van der Waals surface area (Å²) in [4.78, 5) is 2.19. The van der Waals surface area contributed by atoms with Crippen LogP contribution in [0.3, 0.4) is 0 Å². The Hall–Kier alpha value is -1.57. The molecule has 0 heterocycles. The molecular weight excluding hydrogens is 238 g/mol. The van der Waals surface area contributed by atoms with Crippen molar-refractivity contribution in [2.24, 2.45) is 0 Å². The van der Waals surface area contributed by atoms with E-state index >= 15 is 0 Å².